The SMILES string of the molecule is O=C(NCc1ccc(OC(F)(F)F)cc1)[C@H]1CN(c2nc3nc(C4CCC4)ncc3s2)CCN1S(=O)(=O)c1ccc(C(F)(F)F)cc1. The van der Waals surface area contributed by atoms with Crippen LogP contribution in [0.15, 0.2) is 59.6 Å². The summed E-state index contributed by atoms with van der Waals surface area (Å²) >= 11 is 1.28. The number of aromatic nitrogens is 3. The average Bonchev–Trinajstić information content (AvgIpc) is 3.42. The Bertz CT molecular complexity index is 1860. The molecule has 0 bridgehead atoms. The highest BCUT2D eigenvalue weighted by Gasteiger charge is 2.41. The molecule has 250 valence electrons. The number of nitrogens with one attached hydrogen (secondary N) is 1. The van der Waals surface area contributed by atoms with Crippen molar-refractivity contribution in [1.29, 1.82) is 0 Å². The lowest BCUT2D eigenvalue weighted by Crippen LogP contribution is -2.60. The molecule has 1 saturated heterocycles. The predicted molar refractivity (Wildman–Crippen MR) is 158 cm³/mol. The van der Waals surface area contributed by atoms with Gasteiger partial charge in [0.15, 0.2) is 10.8 Å². The molecule has 3 heterocycles. The van der Waals surface area contributed by atoms with Crippen LogP contribution in [0.3, 0.4) is 0 Å². The van der Waals surface area contributed by atoms with Crippen LogP contribution in [0, 0.1) is 0 Å². The number of hydrogen-bond acceptors (Lipinski definition) is 9. The van der Waals surface area contributed by atoms with Gasteiger partial charge in [0.05, 0.1) is 21.4 Å². The van der Waals surface area contributed by atoms with E-state index >= 15 is 0 Å². The second-order valence-electron chi connectivity index (χ2n) is 11.0. The van der Waals surface area contributed by atoms with Crippen LogP contribution in [-0.2, 0) is 27.5 Å². The van der Waals surface area contributed by atoms with Gasteiger partial charge in [-0.1, -0.05) is 29.9 Å². The van der Waals surface area contributed by atoms with Crippen LogP contribution < -0.4 is 15.0 Å². The lowest BCUT2D eigenvalue weighted by Gasteiger charge is -2.39. The topological polar surface area (TPSA) is 118 Å². The molecule has 0 unspecified atom stereocenters. The zero-order chi connectivity index (χ0) is 33.6. The van der Waals surface area contributed by atoms with Crippen molar-refractivity contribution in [2.45, 2.75) is 55.2 Å². The van der Waals surface area contributed by atoms with Crippen molar-refractivity contribution in [1.82, 2.24) is 24.6 Å². The number of halogens is 6. The summed E-state index contributed by atoms with van der Waals surface area (Å²) in [6, 6.07) is 6.43. The fraction of sp³-hybridized carbons (Fsp3) is 0.379. The normalized spacial score (nSPS) is 18.3. The Hall–Kier alpha value is -4.03. The first-order valence-corrected chi connectivity index (χ1v) is 16.6. The summed E-state index contributed by atoms with van der Waals surface area (Å²) in [4.78, 5) is 28.6. The third-order valence-electron chi connectivity index (χ3n) is 7.94. The number of anilines is 1. The monoisotopic (exact) mass is 700 g/mol. The highest BCUT2D eigenvalue weighted by molar-refractivity contribution is 7.89. The molecule has 4 aromatic rings. The third-order valence-corrected chi connectivity index (χ3v) is 10.9. The molecule has 0 spiro atoms. The Labute approximate surface area is 268 Å². The number of benzene rings is 2. The van der Waals surface area contributed by atoms with Crippen LogP contribution in [0.1, 0.15) is 42.1 Å². The van der Waals surface area contributed by atoms with Gasteiger partial charge in [-0.05, 0) is 54.8 Å². The maximum absolute atomic E-state index is 13.7. The summed E-state index contributed by atoms with van der Waals surface area (Å²) < 4.78 is 110. The number of hydrogen-bond donors (Lipinski definition) is 1. The van der Waals surface area contributed by atoms with Gasteiger partial charge in [-0.2, -0.15) is 22.5 Å². The molecule has 0 radical (unpaired) electrons. The number of carbonyl (C=O) groups is 1. The molecule has 2 aromatic heterocycles. The van der Waals surface area contributed by atoms with E-state index in [0.717, 1.165) is 47.8 Å². The van der Waals surface area contributed by atoms with Crippen LogP contribution in [0.5, 0.6) is 5.75 Å². The fourth-order valence-electron chi connectivity index (χ4n) is 5.25. The molecule has 2 aliphatic rings. The van der Waals surface area contributed by atoms with Gasteiger partial charge in [0.2, 0.25) is 15.9 Å². The van der Waals surface area contributed by atoms with Crippen LogP contribution in [0.4, 0.5) is 31.5 Å². The van der Waals surface area contributed by atoms with Crippen molar-refractivity contribution < 1.29 is 44.3 Å². The first kappa shape index (κ1) is 32.9. The summed E-state index contributed by atoms with van der Waals surface area (Å²) in [6.45, 7) is -0.379. The molecule has 10 nitrogen and oxygen atoms in total. The molecule has 6 rings (SSSR count). The van der Waals surface area contributed by atoms with Gasteiger partial charge >= 0.3 is 12.5 Å². The van der Waals surface area contributed by atoms with Crippen molar-refractivity contribution in [2.75, 3.05) is 24.5 Å². The number of fused-ring (bicyclic) bond motifs is 1. The summed E-state index contributed by atoms with van der Waals surface area (Å²) in [5.41, 5.74) is -0.132. The van der Waals surface area contributed by atoms with Crippen molar-refractivity contribution in [3.63, 3.8) is 0 Å². The van der Waals surface area contributed by atoms with Crippen LogP contribution in [-0.4, -0.2) is 65.6 Å². The molecule has 1 saturated carbocycles. The number of nitrogens with zero attached hydrogens (tertiary/aromatic N) is 5. The zero-order valence-electron chi connectivity index (χ0n) is 24.3. The molecule has 2 aromatic carbocycles. The fourth-order valence-corrected chi connectivity index (χ4v) is 7.73. The molecule has 1 aliphatic carbocycles. The smallest absolute Gasteiger partial charge is 0.406 e. The molecule has 1 amide bonds. The molecule has 1 aliphatic heterocycles. The van der Waals surface area contributed by atoms with E-state index in [4.69, 9.17) is 0 Å². The standard InChI is InChI=1S/C29H26F6N6O4S2/c30-28(31,32)19-6-10-21(11-7-19)47(43,44)41-13-12-40(27-39-25-23(46-27)15-36-24(38-25)18-2-1-3-18)16-22(41)26(42)37-14-17-4-8-20(9-5-17)45-29(33,34)35/h4-11,15,18,22H,1-3,12-14,16H2,(H,37,42)/t22-/m1/s1. The van der Waals surface area contributed by atoms with E-state index in [9.17, 15) is 39.6 Å². The zero-order valence-corrected chi connectivity index (χ0v) is 25.9. The Morgan fingerprint density at radius 3 is 2.30 bits per heavy atom. The van der Waals surface area contributed by atoms with Crippen LogP contribution in [0.2, 0.25) is 0 Å². The molecule has 18 heteroatoms. The number of sulfonamides is 1. The number of piperazine rings is 1. The molecule has 47 heavy (non-hydrogen) atoms. The summed E-state index contributed by atoms with van der Waals surface area (Å²) in [7, 11) is -4.45. The van der Waals surface area contributed by atoms with Gasteiger partial charge in [-0.3, -0.25) is 4.79 Å². The van der Waals surface area contributed by atoms with Crippen LogP contribution in [0.25, 0.3) is 10.3 Å². The minimum absolute atomic E-state index is 0.118. The Balaban J connectivity index is 1.24. The van der Waals surface area contributed by atoms with Gasteiger partial charge in [-0.15, -0.1) is 13.2 Å². The quantitative estimate of drug-likeness (QED) is 0.241. The van der Waals surface area contributed by atoms with Gasteiger partial charge in [0, 0.05) is 32.1 Å². The van der Waals surface area contributed by atoms with E-state index in [0.29, 0.717) is 39.0 Å². The summed E-state index contributed by atoms with van der Waals surface area (Å²) in [5, 5.41) is 3.12. The Morgan fingerprint density at radius 1 is 0.979 bits per heavy atom. The number of ether oxygens (including phenoxy) is 1. The Morgan fingerprint density at radius 2 is 1.68 bits per heavy atom. The Kier molecular flexibility index (Phi) is 8.77. The minimum Gasteiger partial charge on any atom is -0.406 e. The molecule has 2 fully saturated rings. The molecule has 1 atom stereocenters. The lowest BCUT2D eigenvalue weighted by atomic mass is 9.85. The first-order valence-electron chi connectivity index (χ1n) is 14.4. The maximum atomic E-state index is 13.7. The highest BCUT2D eigenvalue weighted by Crippen LogP contribution is 2.37. The number of rotatable bonds is 8. The maximum Gasteiger partial charge on any atom is 0.573 e. The van der Waals surface area contributed by atoms with Crippen molar-refractivity contribution >= 4 is 42.7 Å². The number of amides is 1. The molecule has 1 N–H and O–H groups in total. The second-order valence-corrected chi connectivity index (χ2v) is 13.9. The van der Waals surface area contributed by atoms with Gasteiger partial charge in [-0.25, -0.2) is 18.4 Å². The van der Waals surface area contributed by atoms with E-state index in [1.54, 1.807) is 11.1 Å². The largest absolute Gasteiger partial charge is 0.573 e. The van der Waals surface area contributed by atoms with Crippen molar-refractivity contribution in [3.8, 4) is 5.75 Å². The number of alkyl halides is 6. The van der Waals surface area contributed by atoms with E-state index in [-0.39, 0.29) is 32.1 Å². The van der Waals surface area contributed by atoms with Crippen LogP contribution >= 0.6 is 11.3 Å². The predicted octanol–water partition coefficient (Wildman–Crippen LogP) is 5.47. The van der Waals surface area contributed by atoms with Crippen molar-refractivity contribution in [3.05, 3.63) is 71.7 Å². The summed E-state index contributed by atoms with van der Waals surface area (Å²) in [6.07, 6.45) is -4.75. The minimum atomic E-state index is -4.88. The number of thiazole rings is 1. The first-order chi connectivity index (χ1) is 22.2. The van der Waals surface area contributed by atoms with E-state index in [1.807, 2.05) is 0 Å². The van der Waals surface area contributed by atoms with Crippen molar-refractivity contribution in [2.24, 2.45) is 0 Å². The average molecular weight is 701 g/mol. The lowest BCUT2D eigenvalue weighted by molar-refractivity contribution is -0.274. The second kappa shape index (κ2) is 12.5. The number of carbonyl (C=O) groups excluding carboxylic acids is 1. The van der Waals surface area contributed by atoms with Gasteiger partial charge in [0.1, 0.15) is 17.6 Å². The third kappa shape index (κ3) is 7.28. The molecular formula is C29H26F6N6O4S2. The van der Waals surface area contributed by atoms with E-state index < -0.39 is 50.7 Å². The van der Waals surface area contributed by atoms with Gasteiger partial charge < -0.3 is 15.0 Å². The summed E-state index contributed by atoms with van der Waals surface area (Å²) in [5.74, 6) is -0.188. The van der Waals surface area contributed by atoms with Gasteiger partial charge in [0.25, 0.3) is 0 Å². The highest BCUT2D eigenvalue weighted by atomic mass is 32.2. The van der Waals surface area contributed by atoms with E-state index in [2.05, 4.69) is 25.0 Å². The molecular weight excluding hydrogens is 674 g/mol. The van der Waals surface area contributed by atoms with E-state index in [1.165, 1.54) is 23.5 Å².